The smallest absolute Gasteiger partial charge is 0.247 e. The molecule has 0 aromatic carbocycles. The van der Waals surface area contributed by atoms with Crippen molar-refractivity contribution < 1.29 is 4.79 Å². The molecule has 0 spiro atoms. The number of hydrogen-bond donors (Lipinski definition) is 3. The Morgan fingerprint density at radius 3 is 2.54 bits per heavy atom. The van der Waals surface area contributed by atoms with Gasteiger partial charge in [-0.05, 0) is 43.7 Å². The molecule has 0 aliphatic heterocycles. The molecular weight excluding hydrogens is 300 g/mol. The Hall–Kier alpha value is -1.46. The minimum absolute atomic E-state index is 0.0389. The molecule has 0 radical (unpaired) electrons. The number of anilines is 1. The van der Waals surface area contributed by atoms with Gasteiger partial charge in [0.25, 0.3) is 0 Å². The second-order valence-corrected chi connectivity index (χ2v) is 7.32. The second-order valence-electron chi connectivity index (χ2n) is 7.32. The fourth-order valence-corrected chi connectivity index (χ4v) is 3.99. The zero-order valence-electron chi connectivity index (χ0n) is 14.5. The molecule has 3 N–H and O–H groups in total. The molecule has 5 heteroatoms. The summed E-state index contributed by atoms with van der Waals surface area (Å²) in [5.41, 5.74) is 6.30. The van der Waals surface area contributed by atoms with Crippen LogP contribution in [-0.4, -0.2) is 23.0 Å². The van der Waals surface area contributed by atoms with E-state index in [1.807, 2.05) is 18.2 Å². The van der Waals surface area contributed by atoms with E-state index in [0.717, 1.165) is 38.1 Å². The van der Waals surface area contributed by atoms with Crippen LogP contribution in [0, 0.1) is 5.92 Å². The zero-order valence-corrected chi connectivity index (χ0v) is 14.5. The van der Waals surface area contributed by atoms with Gasteiger partial charge in [-0.25, -0.2) is 10.4 Å². The molecule has 2 aliphatic carbocycles. The van der Waals surface area contributed by atoms with Crippen molar-refractivity contribution in [1.82, 2.24) is 15.8 Å². The predicted octanol–water partition coefficient (Wildman–Crippen LogP) is 3.40. The minimum atomic E-state index is -0.509. The highest BCUT2D eigenvalue weighted by Crippen LogP contribution is 2.29. The first-order chi connectivity index (χ1) is 11.8. The molecule has 1 heterocycles. The highest BCUT2D eigenvalue weighted by atomic mass is 16.2. The van der Waals surface area contributed by atoms with Gasteiger partial charge in [0.05, 0.1) is 0 Å². The summed E-state index contributed by atoms with van der Waals surface area (Å²) in [6.45, 7) is 0.957. The topological polar surface area (TPSA) is 66.0 Å². The van der Waals surface area contributed by atoms with E-state index in [0.29, 0.717) is 5.82 Å². The Morgan fingerprint density at radius 1 is 1.08 bits per heavy atom. The Morgan fingerprint density at radius 2 is 1.83 bits per heavy atom. The first-order valence-electron chi connectivity index (χ1n) is 9.51. The Kier molecular flexibility index (Phi) is 6.21. The van der Waals surface area contributed by atoms with Gasteiger partial charge < -0.3 is 5.32 Å². The summed E-state index contributed by atoms with van der Waals surface area (Å²) in [4.78, 5) is 17.1. The highest BCUT2D eigenvalue weighted by molar-refractivity contribution is 5.97. The van der Waals surface area contributed by atoms with E-state index in [9.17, 15) is 4.79 Å². The van der Waals surface area contributed by atoms with Crippen LogP contribution < -0.4 is 16.2 Å². The molecule has 1 aromatic heterocycles. The molecule has 0 saturated heterocycles. The van der Waals surface area contributed by atoms with Crippen LogP contribution >= 0.6 is 0 Å². The van der Waals surface area contributed by atoms with Crippen molar-refractivity contribution in [2.45, 2.75) is 69.7 Å². The molecule has 1 aromatic rings. The number of carbonyl (C=O) groups is 1. The molecule has 1 amide bonds. The SMILES string of the molecule is O=C(Nc1ccccn1)C1(NNCC2CCCCC2)CCCCC1. The quantitative estimate of drug-likeness (QED) is 0.700. The lowest BCUT2D eigenvalue weighted by molar-refractivity contribution is -0.124. The fourth-order valence-electron chi connectivity index (χ4n) is 3.99. The third-order valence-electron chi connectivity index (χ3n) is 5.49. The Balaban J connectivity index is 1.57. The van der Waals surface area contributed by atoms with Gasteiger partial charge in [-0.15, -0.1) is 0 Å². The van der Waals surface area contributed by atoms with E-state index >= 15 is 0 Å². The highest BCUT2D eigenvalue weighted by Gasteiger charge is 2.39. The summed E-state index contributed by atoms with van der Waals surface area (Å²) in [5.74, 6) is 1.41. The van der Waals surface area contributed by atoms with Gasteiger partial charge in [-0.1, -0.05) is 44.6 Å². The third-order valence-corrected chi connectivity index (χ3v) is 5.49. The van der Waals surface area contributed by atoms with Crippen LogP contribution in [0.15, 0.2) is 24.4 Å². The first kappa shape index (κ1) is 17.4. The molecule has 0 unspecified atom stereocenters. The van der Waals surface area contributed by atoms with Gasteiger partial charge in [0.1, 0.15) is 11.4 Å². The largest absolute Gasteiger partial charge is 0.309 e. The molecule has 2 saturated carbocycles. The number of nitrogens with zero attached hydrogens (tertiary/aromatic N) is 1. The van der Waals surface area contributed by atoms with Gasteiger partial charge in [0, 0.05) is 12.7 Å². The van der Waals surface area contributed by atoms with E-state index in [2.05, 4.69) is 21.2 Å². The average molecular weight is 330 g/mol. The van der Waals surface area contributed by atoms with Crippen LogP contribution in [0.5, 0.6) is 0 Å². The third kappa shape index (κ3) is 4.54. The summed E-state index contributed by atoms with van der Waals surface area (Å²) < 4.78 is 0. The van der Waals surface area contributed by atoms with Crippen molar-refractivity contribution >= 4 is 11.7 Å². The Labute approximate surface area is 145 Å². The fraction of sp³-hybridized carbons (Fsp3) is 0.684. The van der Waals surface area contributed by atoms with Crippen molar-refractivity contribution in [2.75, 3.05) is 11.9 Å². The van der Waals surface area contributed by atoms with E-state index in [1.54, 1.807) is 6.20 Å². The van der Waals surface area contributed by atoms with Crippen molar-refractivity contribution in [1.29, 1.82) is 0 Å². The number of pyridine rings is 1. The molecular formula is C19H30N4O. The molecule has 5 nitrogen and oxygen atoms in total. The van der Waals surface area contributed by atoms with Gasteiger partial charge in [0.2, 0.25) is 5.91 Å². The van der Waals surface area contributed by atoms with Gasteiger partial charge in [-0.3, -0.25) is 10.2 Å². The van der Waals surface area contributed by atoms with Gasteiger partial charge >= 0.3 is 0 Å². The lowest BCUT2D eigenvalue weighted by Crippen LogP contribution is -2.61. The molecule has 2 fully saturated rings. The van der Waals surface area contributed by atoms with Gasteiger partial charge in [-0.2, -0.15) is 0 Å². The van der Waals surface area contributed by atoms with Crippen LogP contribution in [0.25, 0.3) is 0 Å². The number of amides is 1. The van der Waals surface area contributed by atoms with Crippen molar-refractivity contribution in [3.63, 3.8) is 0 Å². The van der Waals surface area contributed by atoms with Crippen molar-refractivity contribution in [3.8, 4) is 0 Å². The van der Waals surface area contributed by atoms with E-state index < -0.39 is 5.54 Å². The average Bonchev–Trinajstić information content (AvgIpc) is 2.64. The van der Waals surface area contributed by atoms with Crippen LogP contribution in [0.3, 0.4) is 0 Å². The van der Waals surface area contributed by atoms with Crippen molar-refractivity contribution in [2.24, 2.45) is 5.92 Å². The second kappa shape index (κ2) is 8.58. The lowest BCUT2D eigenvalue weighted by atomic mass is 9.81. The molecule has 24 heavy (non-hydrogen) atoms. The molecule has 132 valence electrons. The summed E-state index contributed by atoms with van der Waals surface area (Å²) >= 11 is 0. The summed E-state index contributed by atoms with van der Waals surface area (Å²) in [6.07, 6.45) is 13.5. The number of hydrazine groups is 1. The predicted molar refractivity (Wildman–Crippen MR) is 96.4 cm³/mol. The first-order valence-corrected chi connectivity index (χ1v) is 9.51. The minimum Gasteiger partial charge on any atom is -0.309 e. The molecule has 3 rings (SSSR count). The monoisotopic (exact) mass is 330 g/mol. The lowest BCUT2D eigenvalue weighted by Gasteiger charge is -2.37. The van der Waals surface area contributed by atoms with E-state index in [4.69, 9.17) is 0 Å². The van der Waals surface area contributed by atoms with Gasteiger partial charge in [0.15, 0.2) is 0 Å². The van der Waals surface area contributed by atoms with E-state index in [-0.39, 0.29) is 5.91 Å². The number of rotatable bonds is 6. The summed E-state index contributed by atoms with van der Waals surface area (Å²) in [5, 5.41) is 2.99. The molecule has 0 bridgehead atoms. The van der Waals surface area contributed by atoms with Crippen LogP contribution in [0.4, 0.5) is 5.82 Å². The normalized spacial score (nSPS) is 21.3. The van der Waals surface area contributed by atoms with E-state index in [1.165, 1.54) is 38.5 Å². The number of hydrogen-bond acceptors (Lipinski definition) is 4. The number of aromatic nitrogens is 1. The molecule has 2 aliphatic rings. The van der Waals surface area contributed by atoms with Crippen molar-refractivity contribution in [3.05, 3.63) is 24.4 Å². The maximum Gasteiger partial charge on any atom is 0.247 e. The maximum atomic E-state index is 12.9. The van der Waals surface area contributed by atoms with Crippen LogP contribution in [-0.2, 0) is 4.79 Å². The van der Waals surface area contributed by atoms with Crippen LogP contribution in [0.1, 0.15) is 64.2 Å². The zero-order chi connectivity index (χ0) is 16.7. The Bertz CT molecular complexity index is 507. The summed E-state index contributed by atoms with van der Waals surface area (Å²) in [7, 11) is 0. The molecule has 0 atom stereocenters. The standard InChI is InChI=1S/C19H30N4O/c24-18(22-17-11-5-8-14-20-17)19(12-6-2-7-13-19)23-21-15-16-9-3-1-4-10-16/h5,8,11,14,16,21,23H,1-4,6-7,9-10,12-13,15H2,(H,20,22,24). The van der Waals surface area contributed by atoms with Crippen LogP contribution in [0.2, 0.25) is 0 Å². The summed E-state index contributed by atoms with van der Waals surface area (Å²) in [6, 6.07) is 5.59. The number of carbonyl (C=O) groups excluding carboxylic acids is 1. The number of nitrogens with one attached hydrogen (secondary N) is 3. The maximum absolute atomic E-state index is 12.9.